The number of anilines is 1. The molecule has 1 aromatic carbocycles. The minimum Gasteiger partial charge on any atom is -0.332 e. The van der Waals surface area contributed by atoms with E-state index in [0.717, 1.165) is 37.3 Å². The first-order chi connectivity index (χ1) is 11.6. The van der Waals surface area contributed by atoms with Crippen LogP contribution < -0.4 is 11.1 Å². The molecule has 2 amide bonds. The highest BCUT2D eigenvalue weighted by atomic mass is 16.2. The van der Waals surface area contributed by atoms with Crippen molar-refractivity contribution < 1.29 is 9.59 Å². The van der Waals surface area contributed by atoms with Crippen LogP contribution in [0.1, 0.15) is 31.7 Å². The number of piperazine rings is 1. The molecule has 24 heavy (non-hydrogen) atoms. The molecule has 0 spiro atoms. The normalized spacial score (nSPS) is 16.7. The van der Waals surface area contributed by atoms with E-state index >= 15 is 0 Å². The fraction of sp³-hybridized carbons (Fsp3) is 0.556. The second kappa shape index (κ2) is 8.80. The fourth-order valence-corrected chi connectivity index (χ4v) is 2.94. The number of nitrogens with zero attached hydrogens (tertiary/aromatic N) is 2. The van der Waals surface area contributed by atoms with Crippen LogP contribution in [0, 0.1) is 0 Å². The highest BCUT2D eigenvalue weighted by Crippen LogP contribution is 2.26. The Labute approximate surface area is 144 Å². The Balaban J connectivity index is 1.97. The van der Waals surface area contributed by atoms with E-state index in [1.165, 1.54) is 0 Å². The van der Waals surface area contributed by atoms with Crippen LogP contribution in [0.5, 0.6) is 0 Å². The number of para-hydroxylation sites is 1. The Morgan fingerprint density at radius 3 is 2.50 bits per heavy atom. The molecule has 1 saturated heterocycles. The number of rotatable bonds is 5. The summed E-state index contributed by atoms with van der Waals surface area (Å²) in [6, 6.07) is 7.68. The molecule has 1 fully saturated rings. The van der Waals surface area contributed by atoms with Gasteiger partial charge in [0.25, 0.3) is 0 Å². The second-order valence-corrected chi connectivity index (χ2v) is 6.27. The lowest BCUT2D eigenvalue weighted by molar-refractivity contribution is -0.144. The van der Waals surface area contributed by atoms with Gasteiger partial charge in [-0.15, -0.1) is 0 Å². The van der Waals surface area contributed by atoms with Gasteiger partial charge in [0.05, 0.1) is 0 Å². The van der Waals surface area contributed by atoms with Crippen molar-refractivity contribution in [2.45, 2.75) is 26.2 Å². The number of hydrogen-bond acceptors (Lipinski definition) is 4. The molecule has 2 rings (SSSR count). The third-order valence-corrected chi connectivity index (χ3v) is 4.65. The van der Waals surface area contributed by atoms with Crippen LogP contribution in [0.3, 0.4) is 0 Å². The lowest BCUT2D eigenvalue weighted by Gasteiger charge is -2.34. The van der Waals surface area contributed by atoms with Crippen LogP contribution >= 0.6 is 0 Å². The Bertz CT molecular complexity index is 568. The van der Waals surface area contributed by atoms with Crippen LogP contribution in [0.15, 0.2) is 24.3 Å². The summed E-state index contributed by atoms with van der Waals surface area (Å²) in [4.78, 5) is 28.6. The van der Waals surface area contributed by atoms with Crippen molar-refractivity contribution in [1.82, 2.24) is 9.80 Å². The third-order valence-electron chi connectivity index (χ3n) is 4.65. The summed E-state index contributed by atoms with van der Waals surface area (Å²) >= 11 is 0. The quantitative estimate of drug-likeness (QED) is 0.795. The van der Waals surface area contributed by atoms with Gasteiger partial charge in [0.1, 0.15) is 0 Å². The second-order valence-electron chi connectivity index (χ2n) is 6.27. The molecular weight excluding hydrogens is 304 g/mol. The molecule has 1 heterocycles. The molecule has 1 aromatic rings. The Morgan fingerprint density at radius 2 is 1.88 bits per heavy atom. The van der Waals surface area contributed by atoms with Crippen molar-refractivity contribution in [3.63, 3.8) is 0 Å². The molecule has 6 heteroatoms. The van der Waals surface area contributed by atoms with Gasteiger partial charge in [0.15, 0.2) is 0 Å². The molecule has 6 nitrogen and oxygen atoms in total. The van der Waals surface area contributed by atoms with Gasteiger partial charge in [-0.3, -0.25) is 14.5 Å². The summed E-state index contributed by atoms with van der Waals surface area (Å²) in [5, 5.41) is 2.80. The topological polar surface area (TPSA) is 78.7 Å². The van der Waals surface area contributed by atoms with E-state index in [9.17, 15) is 9.59 Å². The maximum atomic E-state index is 12.4. The van der Waals surface area contributed by atoms with Gasteiger partial charge in [0.2, 0.25) is 0 Å². The predicted molar refractivity (Wildman–Crippen MR) is 95.9 cm³/mol. The molecule has 0 radical (unpaired) electrons. The maximum Gasteiger partial charge on any atom is 0.313 e. The van der Waals surface area contributed by atoms with E-state index in [1.807, 2.05) is 24.3 Å². The van der Waals surface area contributed by atoms with E-state index in [2.05, 4.69) is 24.1 Å². The number of benzene rings is 1. The number of carbonyl (C=O) groups excluding carboxylic acids is 2. The molecule has 1 unspecified atom stereocenters. The fourth-order valence-electron chi connectivity index (χ4n) is 2.94. The first-order valence-electron chi connectivity index (χ1n) is 8.68. The monoisotopic (exact) mass is 332 g/mol. The smallest absolute Gasteiger partial charge is 0.313 e. The summed E-state index contributed by atoms with van der Waals surface area (Å²) in [7, 11) is 0. The zero-order valence-corrected chi connectivity index (χ0v) is 14.6. The van der Waals surface area contributed by atoms with Crippen LogP contribution in [0.4, 0.5) is 5.69 Å². The number of hydrogen-bond donors (Lipinski definition) is 2. The largest absolute Gasteiger partial charge is 0.332 e. The van der Waals surface area contributed by atoms with Crippen molar-refractivity contribution in [1.29, 1.82) is 0 Å². The average molecular weight is 332 g/mol. The van der Waals surface area contributed by atoms with Crippen molar-refractivity contribution >= 4 is 17.5 Å². The molecule has 3 N–H and O–H groups in total. The number of amides is 2. The molecular formula is C18H28N4O2. The van der Waals surface area contributed by atoms with Gasteiger partial charge in [0, 0.05) is 45.0 Å². The van der Waals surface area contributed by atoms with Gasteiger partial charge < -0.3 is 16.0 Å². The molecule has 1 aliphatic rings. The van der Waals surface area contributed by atoms with Crippen molar-refractivity contribution in [3.8, 4) is 0 Å². The van der Waals surface area contributed by atoms with Crippen molar-refractivity contribution in [3.05, 3.63) is 29.8 Å². The van der Waals surface area contributed by atoms with Gasteiger partial charge >= 0.3 is 11.8 Å². The highest BCUT2D eigenvalue weighted by molar-refractivity contribution is 6.39. The van der Waals surface area contributed by atoms with E-state index in [1.54, 1.807) is 4.90 Å². The molecule has 132 valence electrons. The molecule has 1 aliphatic heterocycles. The lowest BCUT2D eigenvalue weighted by Crippen LogP contribution is -2.52. The van der Waals surface area contributed by atoms with E-state index in [0.29, 0.717) is 25.6 Å². The van der Waals surface area contributed by atoms with Gasteiger partial charge in [-0.2, -0.15) is 0 Å². The minimum atomic E-state index is -0.557. The Kier molecular flexibility index (Phi) is 6.75. The van der Waals surface area contributed by atoms with E-state index in [-0.39, 0.29) is 0 Å². The molecule has 0 bridgehead atoms. The van der Waals surface area contributed by atoms with Crippen LogP contribution in [0.25, 0.3) is 0 Å². The van der Waals surface area contributed by atoms with E-state index < -0.39 is 11.8 Å². The highest BCUT2D eigenvalue weighted by Gasteiger charge is 2.26. The minimum absolute atomic E-state index is 0.330. The van der Waals surface area contributed by atoms with Crippen LogP contribution in [0.2, 0.25) is 0 Å². The number of carbonyl (C=O) groups is 2. The third kappa shape index (κ3) is 4.55. The van der Waals surface area contributed by atoms with Gasteiger partial charge in [-0.05, 0) is 24.0 Å². The molecule has 0 saturated carbocycles. The zero-order chi connectivity index (χ0) is 17.5. The first-order valence-corrected chi connectivity index (χ1v) is 8.68. The SMILES string of the molecule is CCC(C)c1ccccc1NC(=O)C(=O)N1CCN(CCN)CC1. The Morgan fingerprint density at radius 1 is 1.21 bits per heavy atom. The number of nitrogens with one attached hydrogen (secondary N) is 1. The predicted octanol–water partition coefficient (Wildman–Crippen LogP) is 1.24. The molecule has 0 aromatic heterocycles. The summed E-state index contributed by atoms with van der Waals surface area (Å²) < 4.78 is 0. The van der Waals surface area contributed by atoms with Crippen LogP contribution in [-0.2, 0) is 9.59 Å². The van der Waals surface area contributed by atoms with Crippen molar-refractivity contribution in [2.24, 2.45) is 5.73 Å². The average Bonchev–Trinajstić information content (AvgIpc) is 2.62. The summed E-state index contributed by atoms with van der Waals surface area (Å²) in [5.41, 5.74) is 7.34. The maximum absolute atomic E-state index is 12.4. The Hall–Kier alpha value is -1.92. The van der Waals surface area contributed by atoms with Crippen LogP contribution in [-0.4, -0.2) is 60.9 Å². The van der Waals surface area contributed by atoms with Gasteiger partial charge in [-0.1, -0.05) is 32.0 Å². The number of nitrogens with two attached hydrogens (primary N) is 1. The van der Waals surface area contributed by atoms with Gasteiger partial charge in [-0.25, -0.2) is 0 Å². The molecule has 1 atom stereocenters. The zero-order valence-electron chi connectivity index (χ0n) is 14.6. The standard InChI is InChI=1S/C18H28N4O2/c1-3-14(2)15-6-4-5-7-16(15)20-17(23)18(24)22-12-10-21(9-8-19)11-13-22/h4-7,14H,3,8-13,19H2,1-2H3,(H,20,23). The summed E-state index contributed by atoms with van der Waals surface area (Å²) in [6.07, 6.45) is 0.976. The lowest BCUT2D eigenvalue weighted by atomic mass is 9.97. The first kappa shape index (κ1) is 18.4. The summed E-state index contributed by atoms with van der Waals surface area (Å²) in [6.45, 7) is 8.33. The molecule has 0 aliphatic carbocycles. The van der Waals surface area contributed by atoms with Crippen molar-refractivity contribution in [2.75, 3.05) is 44.6 Å². The summed E-state index contributed by atoms with van der Waals surface area (Å²) in [5.74, 6) is -0.684. The van der Waals surface area contributed by atoms with E-state index in [4.69, 9.17) is 5.73 Å².